The molecule has 5 fully saturated rings. The number of hydrogen-bond acceptors (Lipinski definition) is 15. The predicted molar refractivity (Wildman–Crippen MR) is 264 cm³/mol. The lowest BCUT2D eigenvalue weighted by molar-refractivity contribution is -0.231. The third-order valence-corrected chi connectivity index (χ3v) is 16.2. The molecule has 1 aromatic carbocycles. The molecule has 22 heteroatoms. The molecule has 5 aromatic rings. The second kappa shape index (κ2) is 20.1. The average molecular weight is 1070 g/mol. The number of nitrogens with zero attached hydrogens (tertiary/aromatic N) is 8. The van der Waals surface area contributed by atoms with E-state index in [9.17, 15) is 29.0 Å². The van der Waals surface area contributed by atoms with Crippen LogP contribution in [0.25, 0.3) is 27.5 Å². The smallest absolute Gasteiger partial charge is 0.248 e. The number of carbonyl (C=O) groups excluding carboxylic acids is 3. The minimum absolute atomic E-state index is 0.0282. The number of rotatable bonds is 15. The van der Waals surface area contributed by atoms with E-state index in [1.807, 2.05) is 36.7 Å². The molecule has 72 heavy (non-hydrogen) atoms. The van der Waals surface area contributed by atoms with Gasteiger partial charge in [0.1, 0.15) is 70.4 Å². The van der Waals surface area contributed by atoms with Crippen molar-refractivity contribution in [2.24, 2.45) is 17.8 Å². The Kier molecular flexibility index (Phi) is 13.6. The largest absolute Gasteiger partial charge is 0.388 e. The Morgan fingerprint density at radius 1 is 1.04 bits per heavy atom. The van der Waals surface area contributed by atoms with Crippen molar-refractivity contribution in [3.63, 3.8) is 0 Å². The van der Waals surface area contributed by atoms with Crippen LogP contribution in [-0.4, -0.2) is 141 Å². The number of dihydropyridines is 1. The second-order valence-corrected chi connectivity index (χ2v) is 21.4. The van der Waals surface area contributed by atoms with Gasteiger partial charge in [-0.25, -0.2) is 18.9 Å². The first-order chi connectivity index (χ1) is 34.8. The van der Waals surface area contributed by atoms with Crippen LogP contribution in [0.2, 0.25) is 5.28 Å². The van der Waals surface area contributed by atoms with Gasteiger partial charge in [0, 0.05) is 55.4 Å². The number of hydrogen-bond donors (Lipinski definition) is 5. The van der Waals surface area contributed by atoms with Crippen molar-refractivity contribution in [1.82, 2.24) is 49.9 Å². The highest BCUT2D eigenvalue weighted by Gasteiger charge is 2.59. The van der Waals surface area contributed by atoms with E-state index >= 15 is 0 Å². The highest BCUT2D eigenvalue weighted by atomic mass is 79.9. The highest BCUT2D eigenvalue weighted by Crippen LogP contribution is 2.45. The van der Waals surface area contributed by atoms with Gasteiger partial charge in [-0.15, -0.1) is 5.10 Å². The molecule has 4 aliphatic heterocycles. The van der Waals surface area contributed by atoms with Gasteiger partial charge in [-0.2, -0.15) is 10.1 Å². The summed E-state index contributed by atoms with van der Waals surface area (Å²) in [5.41, 5.74) is 1.80. The van der Waals surface area contributed by atoms with Crippen molar-refractivity contribution in [3.8, 4) is 11.1 Å². The molecule has 5 N–H and O–H groups in total. The van der Waals surface area contributed by atoms with Gasteiger partial charge in [0.25, 0.3) is 0 Å². The van der Waals surface area contributed by atoms with Gasteiger partial charge in [-0.1, -0.05) is 34.1 Å². The number of ether oxygens (including phenoxy) is 3. The van der Waals surface area contributed by atoms with Crippen molar-refractivity contribution in [2.75, 3.05) is 31.7 Å². The molecule has 0 radical (unpaired) electrons. The van der Waals surface area contributed by atoms with Crippen molar-refractivity contribution in [1.29, 1.82) is 0 Å². The molecule has 380 valence electrons. The molecule has 19 nitrogen and oxygen atoms in total. The van der Waals surface area contributed by atoms with Crippen molar-refractivity contribution in [3.05, 3.63) is 89.8 Å². The average Bonchev–Trinajstić information content (AvgIpc) is 4.18. The third kappa shape index (κ3) is 9.64. The summed E-state index contributed by atoms with van der Waals surface area (Å²) in [6.45, 7) is 1.66. The number of alkyl halides is 2. The maximum atomic E-state index is 14.8. The molecule has 3 unspecified atom stereocenters. The van der Waals surface area contributed by atoms with Crippen LogP contribution in [-0.2, 0) is 30.3 Å². The van der Waals surface area contributed by atoms with Gasteiger partial charge in [0.05, 0.1) is 25.3 Å². The van der Waals surface area contributed by atoms with Gasteiger partial charge in [0.2, 0.25) is 17.1 Å². The highest BCUT2D eigenvalue weighted by molar-refractivity contribution is 9.09. The summed E-state index contributed by atoms with van der Waals surface area (Å²) >= 11 is 9.55. The van der Waals surface area contributed by atoms with Crippen LogP contribution in [0.4, 0.5) is 10.2 Å². The summed E-state index contributed by atoms with van der Waals surface area (Å²) in [6, 6.07) is 7.34. The topological polar surface area (TPSA) is 232 Å². The Morgan fingerprint density at radius 3 is 2.61 bits per heavy atom. The molecule has 11 rings (SSSR count). The Balaban J connectivity index is 0.656. The summed E-state index contributed by atoms with van der Waals surface area (Å²) < 4.78 is 36.3. The maximum Gasteiger partial charge on any atom is 0.248 e. The van der Waals surface area contributed by atoms with Crippen LogP contribution in [0.5, 0.6) is 0 Å². The number of fused-ring (bicyclic) bond motifs is 4. The number of carbonyl (C=O) groups is 3. The van der Waals surface area contributed by atoms with E-state index in [2.05, 4.69) is 47.1 Å². The van der Waals surface area contributed by atoms with Gasteiger partial charge in [0.15, 0.2) is 17.9 Å². The number of aliphatic hydroxyl groups excluding tert-OH is 2. The first kappa shape index (κ1) is 48.8. The van der Waals surface area contributed by atoms with Crippen LogP contribution in [0.1, 0.15) is 80.5 Å². The van der Waals surface area contributed by atoms with Crippen molar-refractivity contribution < 1.29 is 43.2 Å². The molecular weight excluding hydrogens is 1020 g/mol. The molecule has 4 aromatic heterocycles. The number of aliphatic hydroxyl groups is 2. The molecule has 2 aliphatic carbocycles. The number of anilines is 1. The molecule has 2 saturated carbocycles. The summed E-state index contributed by atoms with van der Waals surface area (Å²) in [7, 11) is 0. The molecule has 0 spiro atoms. The summed E-state index contributed by atoms with van der Waals surface area (Å²) in [5, 5.41) is 40.8. The number of halogens is 3. The lowest BCUT2D eigenvalue weighted by Crippen LogP contribution is -2.64. The lowest BCUT2D eigenvalue weighted by Gasteiger charge is -2.44. The Hall–Kier alpha value is -5.42. The minimum atomic E-state index is -1.36. The van der Waals surface area contributed by atoms with Crippen LogP contribution < -0.4 is 16.0 Å². The van der Waals surface area contributed by atoms with E-state index in [4.69, 9.17) is 35.8 Å². The number of benzene rings is 1. The Morgan fingerprint density at radius 2 is 1.85 bits per heavy atom. The first-order valence-electron chi connectivity index (χ1n) is 24.7. The molecule has 2 bridgehead atoms. The lowest BCUT2D eigenvalue weighted by atomic mass is 9.67. The number of likely N-dealkylation sites (tertiary alicyclic amines) is 1. The zero-order chi connectivity index (χ0) is 49.8. The van der Waals surface area contributed by atoms with E-state index < -0.39 is 54.2 Å². The van der Waals surface area contributed by atoms with Gasteiger partial charge >= 0.3 is 0 Å². The Bertz CT molecular complexity index is 2930. The molecule has 6 aliphatic rings. The normalized spacial score (nSPS) is 31.1. The monoisotopic (exact) mass is 1070 g/mol. The number of allylic oxidation sites excluding steroid dienone is 2. The third-order valence-electron chi connectivity index (χ3n) is 15.5. The maximum absolute atomic E-state index is 14.8. The second-order valence-electron chi connectivity index (χ2n) is 20.1. The predicted octanol–water partition coefficient (Wildman–Crippen LogP) is 5.20. The van der Waals surface area contributed by atoms with Gasteiger partial charge < -0.3 is 45.3 Å². The van der Waals surface area contributed by atoms with E-state index in [1.165, 1.54) is 16.5 Å². The summed E-state index contributed by atoms with van der Waals surface area (Å²) in [4.78, 5) is 54.8. The van der Waals surface area contributed by atoms with Crippen LogP contribution in [0, 0.1) is 17.8 Å². The fraction of sp³-hybridized carbons (Fsp3) is 0.520. The molecule has 10 atom stereocenters. The fourth-order valence-electron chi connectivity index (χ4n) is 11.4. The van der Waals surface area contributed by atoms with Crippen molar-refractivity contribution in [2.45, 2.75) is 118 Å². The Labute approximate surface area is 427 Å². The molecule has 3 saturated heterocycles. The molecule has 2 amide bonds. The first-order valence-corrected chi connectivity index (χ1v) is 26.0. The number of amides is 2. The number of nitrogens with one attached hydrogen (secondary N) is 3. The molecular formula is C50H56BrClFN11O8. The molecule has 8 heterocycles. The quantitative estimate of drug-likeness (QED) is 0.0515. The van der Waals surface area contributed by atoms with Gasteiger partial charge in [-0.3, -0.25) is 19.1 Å². The minimum Gasteiger partial charge on any atom is -0.388 e. The standard InChI is InChI=1S/C50H56BrClFN11O8/c1-26(65)41-34-17-30(13-14-35(34)64(60-41)22-40(66)62-21-33(53)18-37(62)47(69)57-39-6-2-5-38(51)56-39)32-19-54-45(55-20-32)28-9-7-27(8-10-28)16-29-11-12-31(29)23-70-24-50-25-71-48(72-50)42(43(67)44(50)68)58-46-36-4-3-15-63(36)61-49(52)59-46/h2-6,13-15,17,19-20,27-29,31,33,37-38,42-44,48,56,67-68H,7-12,16,18,21-25H2,1H3,(H,57,69)(H,58,59,61)/t27?,28?,29?,31?,33-,37+,38?,42-,43-,44-,48+,50+/m1/s1. The van der Waals surface area contributed by atoms with E-state index in [0.29, 0.717) is 52.4 Å². The van der Waals surface area contributed by atoms with E-state index in [-0.39, 0.29) is 60.4 Å². The summed E-state index contributed by atoms with van der Waals surface area (Å²) in [6.07, 6.45) is 13.5. The SMILES string of the molecule is CC(=O)c1nn(CC(=O)N2C[C@H](F)C[C@H]2C(=O)NC2=CC=CC(Br)N2)c2ccc(-c3cnc(C4CCC(CC5CCC5COC[C@@]56CO[C@@H](O5)[C@H](Nc5nc(Cl)nn7cccc57)[C@@H](O)[C@H]6O)CC4)nc3)cc12. The van der Waals surface area contributed by atoms with Crippen LogP contribution >= 0.6 is 27.5 Å². The van der Waals surface area contributed by atoms with Gasteiger partial charge in [-0.05, 0) is 110 Å². The van der Waals surface area contributed by atoms with Crippen LogP contribution in [0.3, 0.4) is 0 Å². The van der Waals surface area contributed by atoms with Crippen LogP contribution in [0.15, 0.2) is 73.0 Å². The van der Waals surface area contributed by atoms with Crippen molar-refractivity contribution >= 4 is 67.4 Å². The number of Topliss-reactive ketones (excluding diaryl/α,β-unsaturated/α-hetero) is 1. The summed E-state index contributed by atoms with van der Waals surface area (Å²) in [5.74, 6) is 2.23. The zero-order valence-corrected chi connectivity index (χ0v) is 41.8. The van der Waals surface area contributed by atoms with E-state index in [1.54, 1.807) is 35.0 Å². The number of aromatic nitrogens is 7. The fourth-order valence-corrected chi connectivity index (χ4v) is 12.0. The number of ketones is 1. The van der Waals surface area contributed by atoms with E-state index in [0.717, 1.165) is 61.9 Å². The zero-order valence-electron chi connectivity index (χ0n) is 39.4.